The van der Waals surface area contributed by atoms with E-state index in [4.69, 9.17) is 4.74 Å². The molecule has 228 valence electrons. The normalized spacial score (nSPS) is 33.7. The van der Waals surface area contributed by atoms with Gasteiger partial charge in [-0.05, 0) is 97.6 Å². The highest BCUT2D eigenvalue weighted by Gasteiger charge is 2.70. The van der Waals surface area contributed by atoms with Crippen molar-refractivity contribution in [3.05, 3.63) is 69.7 Å². The number of esters is 1. The topological polar surface area (TPSA) is 118 Å². The number of ether oxygens (including phenoxy) is 1. The first-order chi connectivity index (χ1) is 21.1. The van der Waals surface area contributed by atoms with Gasteiger partial charge in [-0.15, -0.1) is 11.3 Å². The molecular formula is C33H33FN4O4S2. The van der Waals surface area contributed by atoms with Gasteiger partial charge in [-0.25, -0.2) is 18.9 Å². The Kier molecular flexibility index (Phi) is 7.11. The van der Waals surface area contributed by atoms with E-state index in [1.54, 1.807) is 17.5 Å². The molecule has 0 spiro atoms. The molecule has 0 aliphatic heterocycles. The second-order valence-corrected chi connectivity index (χ2v) is 14.9. The fraction of sp³-hybridized carbons (Fsp3) is 0.485. The zero-order valence-corrected chi connectivity index (χ0v) is 26.2. The van der Waals surface area contributed by atoms with Crippen molar-refractivity contribution in [3.63, 3.8) is 0 Å². The highest BCUT2D eigenvalue weighted by molar-refractivity contribution is 8.14. The number of halogens is 1. The maximum Gasteiger partial charge on any atom is 0.368 e. The Labute approximate surface area is 263 Å². The number of thiazole rings is 1. The van der Waals surface area contributed by atoms with Crippen LogP contribution in [0.3, 0.4) is 0 Å². The van der Waals surface area contributed by atoms with Gasteiger partial charge in [-0.3, -0.25) is 4.79 Å². The van der Waals surface area contributed by atoms with Crippen LogP contribution in [0.2, 0.25) is 0 Å². The van der Waals surface area contributed by atoms with Gasteiger partial charge < -0.3 is 9.84 Å². The van der Waals surface area contributed by atoms with Gasteiger partial charge in [0.05, 0.1) is 35.5 Å². The number of nitriles is 1. The van der Waals surface area contributed by atoms with Gasteiger partial charge in [-0.1, -0.05) is 31.2 Å². The highest BCUT2D eigenvalue weighted by atomic mass is 32.2. The molecule has 1 aromatic carbocycles. The third-order valence-corrected chi connectivity index (χ3v) is 12.7. The number of benzene rings is 1. The molecule has 4 aliphatic carbocycles. The number of aromatic nitrogens is 3. The van der Waals surface area contributed by atoms with Crippen molar-refractivity contribution in [1.82, 2.24) is 14.8 Å². The van der Waals surface area contributed by atoms with Gasteiger partial charge in [0.2, 0.25) is 10.1 Å². The fourth-order valence-electron chi connectivity index (χ4n) is 9.25. The van der Waals surface area contributed by atoms with Crippen LogP contribution in [0.5, 0.6) is 0 Å². The van der Waals surface area contributed by atoms with Crippen LogP contribution in [0.15, 0.2) is 47.6 Å². The predicted molar refractivity (Wildman–Crippen MR) is 164 cm³/mol. The Balaban J connectivity index is 1.23. The standard InChI is InChI=1S/C33H33FN4O4S2/c1-31-16-19-18-37-38(22-6-4-21(34)5-7-22)25(19)15-20(31)3-8-23-24-9-10-33(30(41)44-13-11-35,32(24,2)17-26(39)27(23)31)42-29(40)28-36-12-14-43-28/h4-7,12,14-15,18,23-24,26-27,39H,3,8-10,13,16-17H2,1-2H3/t23-,24-,26-,27+,31-,32-,33-/m0/s1. The number of aliphatic hydroxyl groups excluding tert-OH is 1. The van der Waals surface area contributed by atoms with E-state index in [9.17, 15) is 24.3 Å². The summed E-state index contributed by atoms with van der Waals surface area (Å²) in [6.45, 7) is 4.25. The summed E-state index contributed by atoms with van der Waals surface area (Å²) in [6.07, 6.45) is 8.66. The summed E-state index contributed by atoms with van der Waals surface area (Å²) in [5, 5.41) is 27.5. The molecule has 3 fully saturated rings. The fourth-order valence-corrected chi connectivity index (χ4v) is 10.6. The zero-order valence-electron chi connectivity index (χ0n) is 24.5. The quantitative estimate of drug-likeness (QED) is 0.341. The SMILES string of the molecule is C[C@]12Cc3cnn(-c4ccc(F)cc4)c3C=C1CC[C@@H]1[C@@H]2[C@@H](O)C[C@@]2(C)[C@H]1CC[C@]2(OC(=O)c1nccs1)C(=O)SCC#N. The molecule has 0 unspecified atom stereocenters. The van der Waals surface area contributed by atoms with Crippen molar-refractivity contribution in [3.8, 4) is 11.8 Å². The number of rotatable bonds is 5. The molecule has 0 bridgehead atoms. The monoisotopic (exact) mass is 632 g/mol. The van der Waals surface area contributed by atoms with Gasteiger partial charge in [0, 0.05) is 17.0 Å². The van der Waals surface area contributed by atoms with Crippen molar-refractivity contribution >= 4 is 40.3 Å². The van der Waals surface area contributed by atoms with E-state index in [-0.39, 0.29) is 44.9 Å². The van der Waals surface area contributed by atoms with Gasteiger partial charge in [0.1, 0.15) is 5.82 Å². The van der Waals surface area contributed by atoms with Crippen LogP contribution in [-0.4, -0.2) is 48.4 Å². The van der Waals surface area contributed by atoms with Crippen LogP contribution in [0, 0.1) is 45.7 Å². The minimum atomic E-state index is -1.46. The summed E-state index contributed by atoms with van der Waals surface area (Å²) in [7, 11) is 0. The first-order valence-electron chi connectivity index (χ1n) is 15.0. The zero-order chi connectivity index (χ0) is 30.9. The molecule has 0 amide bonds. The lowest BCUT2D eigenvalue weighted by atomic mass is 9.45. The summed E-state index contributed by atoms with van der Waals surface area (Å²) in [4.78, 5) is 31.3. The molecule has 4 aliphatic rings. The number of fused-ring (bicyclic) bond motifs is 6. The summed E-state index contributed by atoms with van der Waals surface area (Å²) < 4.78 is 21.7. The molecule has 2 heterocycles. The van der Waals surface area contributed by atoms with E-state index in [0.717, 1.165) is 59.3 Å². The number of carbonyl (C=O) groups excluding carboxylic acids is 2. The van der Waals surface area contributed by atoms with Crippen molar-refractivity contribution in [2.24, 2.45) is 28.6 Å². The van der Waals surface area contributed by atoms with E-state index < -0.39 is 23.1 Å². The lowest BCUT2D eigenvalue weighted by molar-refractivity contribution is -0.174. The Morgan fingerprint density at radius 2 is 2.07 bits per heavy atom. The van der Waals surface area contributed by atoms with E-state index in [2.05, 4.69) is 23.1 Å². The first kappa shape index (κ1) is 29.4. The maximum absolute atomic E-state index is 13.9. The minimum Gasteiger partial charge on any atom is -0.444 e. The van der Waals surface area contributed by atoms with Crippen molar-refractivity contribution in [2.75, 3.05) is 5.75 Å². The summed E-state index contributed by atoms with van der Waals surface area (Å²) >= 11 is 2.05. The molecule has 3 saturated carbocycles. The number of carbonyl (C=O) groups is 2. The Morgan fingerprint density at radius 3 is 2.80 bits per heavy atom. The van der Waals surface area contributed by atoms with E-state index in [1.807, 2.05) is 23.9 Å². The van der Waals surface area contributed by atoms with Crippen LogP contribution in [0.25, 0.3) is 11.8 Å². The van der Waals surface area contributed by atoms with Gasteiger partial charge in [0.25, 0.3) is 0 Å². The molecule has 44 heavy (non-hydrogen) atoms. The van der Waals surface area contributed by atoms with Crippen LogP contribution >= 0.6 is 23.1 Å². The van der Waals surface area contributed by atoms with Crippen LogP contribution in [0.4, 0.5) is 4.39 Å². The lowest BCUT2D eigenvalue weighted by Crippen LogP contribution is -2.62. The second-order valence-electron chi connectivity index (χ2n) is 13.1. The maximum atomic E-state index is 13.9. The third-order valence-electron chi connectivity index (χ3n) is 11.1. The number of hydrogen-bond acceptors (Lipinski definition) is 9. The average Bonchev–Trinajstić information content (AvgIpc) is 3.73. The van der Waals surface area contributed by atoms with Gasteiger partial charge in [0.15, 0.2) is 5.60 Å². The minimum absolute atomic E-state index is 0.0368. The molecule has 1 N–H and O–H groups in total. The molecule has 7 rings (SSSR count). The second kappa shape index (κ2) is 10.6. The number of aliphatic hydroxyl groups is 1. The molecule has 0 radical (unpaired) electrons. The Morgan fingerprint density at radius 1 is 1.27 bits per heavy atom. The summed E-state index contributed by atoms with van der Waals surface area (Å²) in [6, 6.07) is 8.35. The molecule has 0 saturated heterocycles. The van der Waals surface area contributed by atoms with Crippen molar-refractivity contribution in [2.45, 2.75) is 64.1 Å². The largest absolute Gasteiger partial charge is 0.444 e. The number of allylic oxidation sites excluding steroid dienone is 1. The Hall–Kier alpha value is -3.33. The number of thioether (sulfide) groups is 1. The van der Waals surface area contributed by atoms with Crippen LogP contribution in [-0.2, 0) is 16.0 Å². The summed E-state index contributed by atoms with van der Waals surface area (Å²) in [5.74, 6) is -0.845. The molecule has 8 nitrogen and oxygen atoms in total. The van der Waals surface area contributed by atoms with Crippen LogP contribution < -0.4 is 0 Å². The molecule has 2 aromatic heterocycles. The number of nitrogens with zero attached hydrogens (tertiary/aromatic N) is 4. The molecule has 3 aromatic rings. The van der Waals surface area contributed by atoms with E-state index >= 15 is 0 Å². The predicted octanol–water partition coefficient (Wildman–Crippen LogP) is 6.00. The molecule has 11 heteroatoms. The smallest absolute Gasteiger partial charge is 0.368 e. The Bertz CT molecular complexity index is 1700. The first-order valence-corrected chi connectivity index (χ1v) is 16.9. The lowest BCUT2D eigenvalue weighted by Gasteiger charge is -2.60. The van der Waals surface area contributed by atoms with Crippen LogP contribution in [0.1, 0.15) is 67.0 Å². The molecular weight excluding hydrogens is 600 g/mol. The summed E-state index contributed by atoms with van der Waals surface area (Å²) in [5.41, 5.74) is 1.58. The number of hydrogen-bond donors (Lipinski definition) is 1. The van der Waals surface area contributed by atoms with E-state index in [1.165, 1.54) is 23.9 Å². The highest BCUT2D eigenvalue weighted by Crippen LogP contribution is 2.69. The van der Waals surface area contributed by atoms with Gasteiger partial charge in [-0.2, -0.15) is 10.4 Å². The average molecular weight is 633 g/mol. The van der Waals surface area contributed by atoms with Crippen molar-refractivity contribution < 1.29 is 23.8 Å². The third kappa shape index (κ3) is 4.25. The van der Waals surface area contributed by atoms with E-state index in [0.29, 0.717) is 19.3 Å². The van der Waals surface area contributed by atoms with Gasteiger partial charge >= 0.3 is 5.97 Å². The molecule has 7 atom stereocenters. The van der Waals surface area contributed by atoms with Crippen molar-refractivity contribution in [1.29, 1.82) is 5.26 Å².